The van der Waals surface area contributed by atoms with Crippen LogP contribution < -0.4 is 0 Å². The van der Waals surface area contributed by atoms with E-state index < -0.39 is 0 Å². The van der Waals surface area contributed by atoms with Crippen molar-refractivity contribution in [2.24, 2.45) is 10.6 Å². The van der Waals surface area contributed by atoms with Crippen molar-refractivity contribution >= 4 is 5.71 Å². The van der Waals surface area contributed by atoms with E-state index in [0.717, 1.165) is 37.6 Å². The van der Waals surface area contributed by atoms with Crippen LogP contribution in [0.25, 0.3) is 0 Å². The van der Waals surface area contributed by atoms with Gasteiger partial charge in [0.25, 0.3) is 0 Å². The number of rotatable bonds is 2. The zero-order valence-electron chi connectivity index (χ0n) is 11.5. The zero-order chi connectivity index (χ0) is 13.3. The summed E-state index contributed by atoms with van der Waals surface area (Å²) in [7, 11) is 0. The molecule has 0 radical (unpaired) electrons. The number of benzene rings is 1. The first-order valence-corrected chi connectivity index (χ1v) is 6.81. The van der Waals surface area contributed by atoms with E-state index in [-0.39, 0.29) is 11.6 Å². The number of hydrogen-bond acceptors (Lipinski definition) is 4. The fraction of sp³-hybridized carbons (Fsp3) is 0.533. The van der Waals surface area contributed by atoms with Crippen molar-refractivity contribution in [2.75, 3.05) is 26.3 Å². The van der Waals surface area contributed by atoms with Gasteiger partial charge >= 0.3 is 0 Å². The Morgan fingerprint density at radius 2 is 1.84 bits per heavy atom. The highest BCUT2D eigenvalue weighted by Gasteiger charge is 2.46. The van der Waals surface area contributed by atoms with Crippen molar-refractivity contribution < 1.29 is 9.57 Å². The largest absolute Gasteiger partial charge is 0.379 e. The standard InChI is InChI=1S/C15H20N2O2/c1-15(2)13(12-6-4-3-5-7-12)16-19-14(15)17-8-10-18-11-9-17/h3-7,14H,8-11H2,1-2H3/t14-/m1/s1. The van der Waals surface area contributed by atoms with Gasteiger partial charge in [-0.3, -0.25) is 4.90 Å². The second-order valence-electron chi connectivity index (χ2n) is 5.63. The number of oxime groups is 1. The minimum Gasteiger partial charge on any atom is -0.379 e. The van der Waals surface area contributed by atoms with E-state index >= 15 is 0 Å². The van der Waals surface area contributed by atoms with E-state index in [0.29, 0.717) is 0 Å². The summed E-state index contributed by atoms with van der Waals surface area (Å²) in [4.78, 5) is 8.06. The summed E-state index contributed by atoms with van der Waals surface area (Å²) in [5.41, 5.74) is 2.06. The quantitative estimate of drug-likeness (QED) is 0.816. The molecule has 4 heteroatoms. The Labute approximate surface area is 114 Å². The van der Waals surface area contributed by atoms with Crippen LogP contribution in [-0.2, 0) is 9.57 Å². The number of morpholine rings is 1. The summed E-state index contributed by atoms with van der Waals surface area (Å²) in [5.74, 6) is 0. The Kier molecular flexibility index (Phi) is 3.29. The van der Waals surface area contributed by atoms with Gasteiger partial charge < -0.3 is 9.57 Å². The minimum absolute atomic E-state index is 0.00612. The van der Waals surface area contributed by atoms with Gasteiger partial charge in [0.15, 0.2) is 6.23 Å². The normalized spacial score (nSPS) is 26.8. The van der Waals surface area contributed by atoms with Crippen LogP contribution in [0, 0.1) is 5.41 Å². The molecule has 0 saturated carbocycles. The van der Waals surface area contributed by atoms with Gasteiger partial charge in [-0.25, -0.2) is 0 Å². The van der Waals surface area contributed by atoms with Crippen molar-refractivity contribution in [1.29, 1.82) is 0 Å². The molecule has 4 nitrogen and oxygen atoms in total. The van der Waals surface area contributed by atoms with E-state index in [1.54, 1.807) is 0 Å². The van der Waals surface area contributed by atoms with Crippen LogP contribution in [0.15, 0.2) is 35.5 Å². The number of hydrogen-bond donors (Lipinski definition) is 0. The van der Waals surface area contributed by atoms with Gasteiger partial charge in [-0.2, -0.15) is 0 Å². The zero-order valence-corrected chi connectivity index (χ0v) is 11.5. The predicted octanol–water partition coefficient (Wildman–Crippen LogP) is 2.11. The molecule has 0 N–H and O–H groups in total. The van der Waals surface area contributed by atoms with Crippen LogP contribution in [0.5, 0.6) is 0 Å². The summed E-state index contributed by atoms with van der Waals surface area (Å²) < 4.78 is 5.40. The van der Waals surface area contributed by atoms with Crippen molar-refractivity contribution in [3.63, 3.8) is 0 Å². The Balaban J connectivity index is 1.82. The van der Waals surface area contributed by atoms with E-state index in [4.69, 9.17) is 9.57 Å². The summed E-state index contributed by atoms with van der Waals surface area (Å²) in [6.07, 6.45) is 0.00612. The lowest BCUT2D eigenvalue weighted by atomic mass is 9.81. The van der Waals surface area contributed by atoms with Crippen LogP contribution in [0.3, 0.4) is 0 Å². The third-order valence-electron chi connectivity index (χ3n) is 3.90. The molecule has 3 rings (SSSR count). The molecule has 1 fully saturated rings. The van der Waals surface area contributed by atoms with Crippen LogP contribution in [0.2, 0.25) is 0 Å². The first-order valence-electron chi connectivity index (χ1n) is 6.81. The summed E-state index contributed by atoms with van der Waals surface area (Å²) >= 11 is 0. The first kappa shape index (κ1) is 12.6. The molecule has 2 aliphatic heterocycles. The molecule has 19 heavy (non-hydrogen) atoms. The number of nitrogens with zero attached hydrogens (tertiary/aromatic N) is 2. The molecular formula is C15H20N2O2. The second-order valence-corrected chi connectivity index (χ2v) is 5.63. The Bertz CT molecular complexity index is 464. The molecule has 1 atom stereocenters. The molecular weight excluding hydrogens is 240 g/mol. The highest BCUT2D eigenvalue weighted by molar-refractivity contribution is 6.05. The topological polar surface area (TPSA) is 34.1 Å². The van der Waals surface area contributed by atoms with Crippen LogP contribution in [0.4, 0.5) is 0 Å². The third kappa shape index (κ3) is 2.26. The van der Waals surface area contributed by atoms with Crippen molar-refractivity contribution in [3.05, 3.63) is 35.9 Å². The summed E-state index contributed by atoms with van der Waals surface area (Å²) in [6, 6.07) is 10.3. The molecule has 0 aromatic heterocycles. The lowest BCUT2D eigenvalue weighted by Crippen LogP contribution is -2.51. The molecule has 0 aliphatic carbocycles. The average molecular weight is 260 g/mol. The number of ether oxygens (including phenoxy) is 1. The monoisotopic (exact) mass is 260 g/mol. The lowest BCUT2D eigenvalue weighted by Gasteiger charge is -2.37. The fourth-order valence-corrected chi connectivity index (χ4v) is 2.82. The fourth-order valence-electron chi connectivity index (χ4n) is 2.82. The Morgan fingerprint density at radius 3 is 2.53 bits per heavy atom. The smallest absolute Gasteiger partial charge is 0.192 e. The minimum atomic E-state index is -0.112. The van der Waals surface area contributed by atoms with Gasteiger partial charge in [0.1, 0.15) is 0 Å². The summed E-state index contributed by atoms with van der Waals surface area (Å²) in [6.45, 7) is 7.77. The molecule has 1 aromatic rings. The molecule has 2 heterocycles. The van der Waals surface area contributed by atoms with Crippen molar-refractivity contribution in [1.82, 2.24) is 4.90 Å². The van der Waals surface area contributed by atoms with E-state index in [1.165, 1.54) is 0 Å². The molecule has 1 aromatic carbocycles. The van der Waals surface area contributed by atoms with Gasteiger partial charge in [0, 0.05) is 18.7 Å². The van der Waals surface area contributed by atoms with Gasteiger partial charge in [0.2, 0.25) is 0 Å². The SMILES string of the molecule is CC1(C)C(c2ccccc2)=NO[C@H]1N1CCOCC1. The molecule has 2 aliphatic rings. The van der Waals surface area contributed by atoms with Gasteiger partial charge in [-0.05, 0) is 13.8 Å². The highest BCUT2D eigenvalue weighted by Crippen LogP contribution is 2.36. The van der Waals surface area contributed by atoms with Crippen molar-refractivity contribution in [3.8, 4) is 0 Å². The molecule has 0 amide bonds. The van der Waals surface area contributed by atoms with E-state index in [2.05, 4.69) is 36.0 Å². The second kappa shape index (κ2) is 4.94. The molecule has 0 spiro atoms. The van der Waals surface area contributed by atoms with Gasteiger partial charge in [-0.1, -0.05) is 35.5 Å². The summed E-state index contributed by atoms with van der Waals surface area (Å²) in [5, 5.41) is 4.35. The third-order valence-corrected chi connectivity index (χ3v) is 3.90. The van der Waals surface area contributed by atoms with Crippen LogP contribution >= 0.6 is 0 Å². The maximum atomic E-state index is 5.73. The van der Waals surface area contributed by atoms with Gasteiger partial charge in [-0.15, -0.1) is 0 Å². The highest BCUT2D eigenvalue weighted by atomic mass is 16.7. The predicted molar refractivity (Wildman–Crippen MR) is 74.0 cm³/mol. The van der Waals surface area contributed by atoms with Crippen LogP contribution in [-0.4, -0.2) is 43.1 Å². The van der Waals surface area contributed by atoms with E-state index in [9.17, 15) is 0 Å². The maximum Gasteiger partial charge on any atom is 0.192 e. The van der Waals surface area contributed by atoms with Crippen molar-refractivity contribution in [2.45, 2.75) is 20.1 Å². The lowest BCUT2D eigenvalue weighted by molar-refractivity contribution is -0.113. The van der Waals surface area contributed by atoms with E-state index in [1.807, 2.05) is 18.2 Å². The van der Waals surface area contributed by atoms with Crippen LogP contribution in [0.1, 0.15) is 19.4 Å². The molecule has 0 bridgehead atoms. The maximum absolute atomic E-state index is 5.73. The molecule has 0 unspecified atom stereocenters. The first-order chi connectivity index (χ1) is 9.19. The molecule has 102 valence electrons. The Hall–Kier alpha value is -1.39. The van der Waals surface area contributed by atoms with Gasteiger partial charge in [0.05, 0.1) is 24.3 Å². The molecule has 1 saturated heterocycles. The Morgan fingerprint density at radius 1 is 1.16 bits per heavy atom. The average Bonchev–Trinajstić information content (AvgIpc) is 2.76.